The second-order valence-electron chi connectivity index (χ2n) is 8.68. The van der Waals surface area contributed by atoms with Gasteiger partial charge in [-0.05, 0) is 45.5 Å². The number of carbonyl (C=O) groups is 1. The highest BCUT2D eigenvalue weighted by Crippen LogP contribution is 2.31. The molecule has 0 aliphatic carbocycles. The lowest BCUT2D eigenvalue weighted by molar-refractivity contribution is -0.141. The number of pyridine rings is 2. The molecule has 1 aliphatic heterocycles. The molecule has 0 aromatic carbocycles. The minimum atomic E-state index is -4.48. The number of carbonyl (C=O) groups excluding carboxylic acids is 1. The summed E-state index contributed by atoms with van der Waals surface area (Å²) in [5.74, 6) is 0.141. The summed E-state index contributed by atoms with van der Waals surface area (Å²) in [4.78, 5) is 22.8. The summed E-state index contributed by atoms with van der Waals surface area (Å²) in [5.41, 5.74) is -0.202. The van der Waals surface area contributed by atoms with E-state index in [-0.39, 0.29) is 24.5 Å². The van der Waals surface area contributed by atoms with Crippen LogP contribution in [-0.2, 0) is 11.0 Å². The number of hydrogen-bond acceptors (Lipinski definition) is 5. The second kappa shape index (κ2) is 8.82. The van der Waals surface area contributed by atoms with Crippen molar-refractivity contribution in [1.82, 2.24) is 20.2 Å². The van der Waals surface area contributed by atoms with E-state index in [1.807, 2.05) is 31.0 Å². The van der Waals surface area contributed by atoms with Crippen LogP contribution in [0.4, 0.5) is 13.2 Å². The normalized spacial score (nSPS) is 20.0. The van der Waals surface area contributed by atoms with Gasteiger partial charge in [0.15, 0.2) is 0 Å². The predicted octanol–water partition coefficient (Wildman–Crippen LogP) is 3.42. The van der Waals surface area contributed by atoms with Crippen molar-refractivity contribution in [3.63, 3.8) is 0 Å². The Labute approximate surface area is 179 Å². The van der Waals surface area contributed by atoms with Gasteiger partial charge in [0.2, 0.25) is 11.8 Å². The third-order valence-corrected chi connectivity index (χ3v) is 5.47. The third-order valence-electron chi connectivity index (χ3n) is 5.47. The molecule has 1 aliphatic rings. The van der Waals surface area contributed by atoms with Gasteiger partial charge < -0.3 is 15.0 Å². The Morgan fingerprint density at radius 1 is 1.23 bits per heavy atom. The van der Waals surface area contributed by atoms with Crippen LogP contribution in [0.3, 0.4) is 0 Å². The highest BCUT2D eigenvalue weighted by atomic mass is 19.4. The van der Waals surface area contributed by atoms with Gasteiger partial charge in [0.25, 0.3) is 0 Å². The molecule has 168 valence electrons. The Hall–Kier alpha value is -2.68. The largest absolute Gasteiger partial charge is 0.476 e. The summed E-state index contributed by atoms with van der Waals surface area (Å²) in [6.45, 7) is 6.80. The molecule has 2 atom stereocenters. The van der Waals surface area contributed by atoms with Crippen molar-refractivity contribution in [2.45, 2.75) is 38.9 Å². The van der Waals surface area contributed by atoms with E-state index in [1.165, 1.54) is 12.3 Å². The van der Waals surface area contributed by atoms with Crippen LogP contribution in [0.25, 0.3) is 0 Å². The molecule has 3 rings (SSSR count). The first-order valence-corrected chi connectivity index (χ1v) is 10.0. The molecule has 2 aromatic heterocycles. The number of aryl methyl sites for hydroxylation is 1. The van der Waals surface area contributed by atoms with Gasteiger partial charge >= 0.3 is 6.18 Å². The number of nitrogens with one attached hydrogen (secondary N) is 1. The maximum absolute atomic E-state index is 13.0. The van der Waals surface area contributed by atoms with Crippen LogP contribution >= 0.6 is 0 Å². The van der Waals surface area contributed by atoms with Gasteiger partial charge in [0, 0.05) is 43.0 Å². The van der Waals surface area contributed by atoms with E-state index in [0.717, 1.165) is 11.6 Å². The quantitative estimate of drug-likeness (QED) is 0.752. The van der Waals surface area contributed by atoms with Crippen LogP contribution in [0.15, 0.2) is 36.7 Å². The summed E-state index contributed by atoms with van der Waals surface area (Å²) in [6.07, 6.45) is -1.59. The number of hydrogen-bond donors (Lipinski definition) is 1. The number of nitrogens with zero attached hydrogens (tertiary/aromatic N) is 3. The van der Waals surface area contributed by atoms with E-state index in [9.17, 15) is 18.0 Å². The van der Waals surface area contributed by atoms with Gasteiger partial charge in [0.05, 0.1) is 5.41 Å². The number of amides is 1. The Morgan fingerprint density at radius 3 is 2.58 bits per heavy atom. The molecule has 1 N–H and O–H groups in total. The van der Waals surface area contributed by atoms with Crippen molar-refractivity contribution < 1.29 is 22.7 Å². The number of halogens is 3. The summed E-state index contributed by atoms with van der Waals surface area (Å²) in [6, 6.07) is 5.88. The molecule has 1 fully saturated rings. The van der Waals surface area contributed by atoms with Crippen LogP contribution in [0.5, 0.6) is 5.88 Å². The minimum Gasteiger partial charge on any atom is -0.476 e. The van der Waals surface area contributed by atoms with Crippen molar-refractivity contribution in [3.8, 4) is 5.88 Å². The number of aromatic nitrogens is 2. The van der Waals surface area contributed by atoms with E-state index in [1.54, 1.807) is 20.0 Å². The molecule has 0 spiro atoms. The standard InChI is InChI=1S/C22H27F3N4O2/c1-14-6-5-9-26-19(14)31-13-21(2,3)20(30)28-17-12-29(4)11-16(17)15-7-8-18(27-10-15)22(23,24)25/h5-10,16-17H,11-13H2,1-4H3,(H,28,30). The van der Waals surface area contributed by atoms with Crippen molar-refractivity contribution in [2.75, 3.05) is 26.7 Å². The van der Waals surface area contributed by atoms with E-state index >= 15 is 0 Å². The summed E-state index contributed by atoms with van der Waals surface area (Å²) in [7, 11) is 1.91. The Morgan fingerprint density at radius 2 is 1.97 bits per heavy atom. The first-order valence-electron chi connectivity index (χ1n) is 10.0. The van der Waals surface area contributed by atoms with Gasteiger partial charge in [-0.3, -0.25) is 9.78 Å². The number of alkyl halides is 3. The molecule has 3 heterocycles. The summed E-state index contributed by atoms with van der Waals surface area (Å²) in [5, 5.41) is 3.06. The Balaban J connectivity index is 1.67. The lowest BCUT2D eigenvalue weighted by Gasteiger charge is -2.28. The van der Waals surface area contributed by atoms with Crippen molar-refractivity contribution in [1.29, 1.82) is 0 Å². The molecule has 0 radical (unpaired) electrons. The van der Waals surface area contributed by atoms with Crippen molar-refractivity contribution in [2.24, 2.45) is 5.41 Å². The van der Waals surface area contributed by atoms with Crippen LogP contribution in [-0.4, -0.2) is 53.6 Å². The first-order chi connectivity index (χ1) is 14.5. The maximum Gasteiger partial charge on any atom is 0.433 e. The van der Waals surface area contributed by atoms with Crippen molar-refractivity contribution >= 4 is 5.91 Å². The molecule has 2 unspecified atom stereocenters. The Kier molecular flexibility index (Phi) is 6.54. The van der Waals surface area contributed by atoms with Gasteiger partial charge in [-0.1, -0.05) is 12.1 Å². The van der Waals surface area contributed by atoms with Gasteiger partial charge in [-0.15, -0.1) is 0 Å². The van der Waals surface area contributed by atoms with Crippen LogP contribution in [0, 0.1) is 12.3 Å². The molecule has 2 aromatic rings. The third kappa shape index (κ3) is 5.52. The fraction of sp³-hybridized carbons (Fsp3) is 0.500. The fourth-order valence-corrected chi connectivity index (χ4v) is 3.58. The van der Waals surface area contributed by atoms with E-state index in [4.69, 9.17) is 4.74 Å². The molecule has 1 amide bonds. The molecule has 6 nitrogen and oxygen atoms in total. The number of likely N-dealkylation sites (tertiary alicyclic amines) is 1. The topological polar surface area (TPSA) is 67.3 Å². The van der Waals surface area contributed by atoms with Crippen LogP contribution in [0.1, 0.15) is 36.6 Å². The van der Waals surface area contributed by atoms with Gasteiger partial charge in [-0.25, -0.2) is 4.98 Å². The lowest BCUT2D eigenvalue weighted by Crippen LogP contribution is -2.48. The van der Waals surface area contributed by atoms with E-state index < -0.39 is 17.3 Å². The molecule has 1 saturated heterocycles. The highest BCUT2D eigenvalue weighted by molar-refractivity contribution is 5.82. The molecule has 31 heavy (non-hydrogen) atoms. The van der Waals surface area contributed by atoms with Gasteiger partial charge in [-0.2, -0.15) is 13.2 Å². The second-order valence-corrected chi connectivity index (χ2v) is 8.68. The zero-order valence-corrected chi connectivity index (χ0v) is 18.0. The van der Waals surface area contributed by atoms with Crippen LogP contribution in [0.2, 0.25) is 0 Å². The number of rotatable bonds is 6. The summed E-state index contributed by atoms with van der Waals surface area (Å²) >= 11 is 0. The van der Waals surface area contributed by atoms with E-state index in [0.29, 0.717) is 24.5 Å². The monoisotopic (exact) mass is 436 g/mol. The molecule has 9 heteroatoms. The first kappa shape index (κ1) is 23.0. The van der Waals surface area contributed by atoms with Gasteiger partial charge in [0.1, 0.15) is 12.3 Å². The molecule has 0 saturated carbocycles. The zero-order chi connectivity index (χ0) is 22.8. The van der Waals surface area contributed by atoms with E-state index in [2.05, 4.69) is 15.3 Å². The fourth-order valence-electron chi connectivity index (χ4n) is 3.58. The van der Waals surface area contributed by atoms with Crippen LogP contribution < -0.4 is 10.1 Å². The average molecular weight is 436 g/mol. The SMILES string of the molecule is Cc1cccnc1OCC(C)(C)C(=O)NC1CN(C)CC1c1ccc(C(F)(F)F)nc1. The molecular formula is C22H27F3N4O2. The minimum absolute atomic E-state index is 0.145. The average Bonchev–Trinajstić information content (AvgIpc) is 3.07. The predicted molar refractivity (Wildman–Crippen MR) is 110 cm³/mol. The maximum atomic E-state index is 13.0. The number of ether oxygens (including phenoxy) is 1. The molecular weight excluding hydrogens is 409 g/mol. The summed E-state index contributed by atoms with van der Waals surface area (Å²) < 4.78 is 44.2. The Bertz CT molecular complexity index is 916. The highest BCUT2D eigenvalue weighted by Gasteiger charge is 2.38. The van der Waals surface area contributed by atoms with Crippen molar-refractivity contribution in [3.05, 3.63) is 53.5 Å². The zero-order valence-electron chi connectivity index (χ0n) is 18.0. The number of likely N-dealkylation sites (N-methyl/N-ethyl adjacent to an activating group) is 1. The molecule has 0 bridgehead atoms. The smallest absolute Gasteiger partial charge is 0.433 e. The lowest BCUT2D eigenvalue weighted by atomic mass is 9.90.